The third-order valence-electron chi connectivity index (χ3n) is 26.7. The van der Waals surface area contributed by atoms with Crippen LogP contribution in [0, 0.1) is 70.0 Å². The van der Waals surface area contributed by atoms with Gasteiger partial charge in [-0.3, -0.25) is 19.4 Å². The lowest BCUT2D eigenvalue weighted by atomic mass is 9.56. The van der Waals surface area contributed by atoms with Crippen molar-refractivity contribution in [3.8, 4) is 0 Å². The van der Waals surface area contributed by atoms with Crippen LogP contribution in [0.3, 0.4) is 0 Å². The zero-order chi connectivity index (χ0) is 61.1. The fourth-order valence-electron chi connectivity index (χ4n) is 22.2. The molecular formula is C73H115F3N4O6. The number of aliphatic hydroxyl groups excluding tert-OH is 2. The number of nitrogens with one attached hydrogen (secondary N) is 1. The Morgan fingerprint density at radius 2 is 1.07 bits per heavy atom. The molecule has 4 saturated carbocycles. The number of unbranched alkanes of at least 4 members (excludes halogenated alkanes) is 8. The molecule has 5 N–H and O–H groups in total. The molecular weight excluding hydrogens is 1090 g/mol. The van der Waals surface area contributed by atoms with Crippen LogP contribution in [0.4, 0.5) is 13.2 Å². The Balaban J connectivity index is 0.000000198. The highest BCUT2D eigenvalue weighted by Gasteiger charge is 2.64. The molecule has 0 radical (unpaired) electrons. The molecule has 0 aromatic carbocycles. The average molecular weight is 1200 g/mol. The maximum absolute atomic E-state index is 12.9. The lowest BCUT2D eigenvalue weighted by Crippen LogP contribution is -2.53. The number of allylic oxidation sites excluding steroid dienone is 4. The van der Waals surface area contributed by atoms with Crippen LogP contribution in [0.15, 0.2) is 45.6 Å². The minimum Gasteiger partial charge on any atom is -0.393 e. The van der Waals surface area contributed by atoms with Crippen LogP contribution in [0.2, 0.25) is 0 Å². The molecule has 2 spiro atoms. The molecule has 12 aliphatic rings. The number of amides is 1. The molecule has 10 nitrogen and oxygen atoms in total. The smallest absolute Gasteiger partial charge is 0.393 e. The molecule has 0 bridgehead atoms. The third-order valence-corrected chi connectivity index (χ3v) is 26.7. The highest BCUT2D eigenvalue weighted by Crippen LogP contribution is 2.67. The molecule has 4 saturated heterocycles. The van der Waals surface area contributed by atoms with Crippen LogP contribution < -0.4 is 11.1 Å². The molecule has 4 heterocycles. The summed E-state index contributed by atoms with van der Waals surface area (Å²) in [5.41, 5.74) is 16.1. The van der Waals surface area contributed by atoms with Crippen molar-refractivity contribution < 1.29 is 42.4 Å². The van der Waals surface area contributed by atoms with Crippen molar-refractivity contribution in [2.75, 3.05) is 39.3 Å². The zero-order valence-corrected chi connectivity index (χ0v) is 54.6. The van der Waals surface area contributed by atoms with E-state index in [1.54, 1.807) is 27.9 Å². The van der Waals surface area contributed by atoms with Crippen LogP contribution >= 0.6 is 0 Å². The van der Waals surface area contributed by atoms with Gasteiger partial charge in [0.2, 0.25) is 0 Å². The number of aliphatic hydroxyl groups is 2. The van der Waals surface area contributed by atoms with Gasteiger partial charge in [0, 0.05) is 69.5 Å². The number of rotatable bonds is 18. The van der Waals surface area contributed by atoms with E-state index >= 15 is 0 Å². The minimum absolute atomic E-state index is 0.0640. The largest absolute Gasteiger partial charge is 0.471 e. The van der Waals surface area contributed by atoms with Crippen LogP contribution in [-0.4, -0.2) is 125 Å². The van der Waals surface area contributed by atoms with Crippen LogP contribution in [0.5, 0.6) is 0 Å². The van der Waals surface area contributed by atoms with E-state index in [1.807, 2.05) is 5.32 Å². The summed E-state index contributed by atoms with van der Waals surface area (Å²) >= 11 is 0. The molecule has 0 aromatic heterocycles. The predicted molar refractivity (Wildman–Crippen MR) is 336 cm³/mol. The van der Waals surface area contributed by atoms with Gasteiger partial charge in [-0.15, -0.1) is 0 Å². The Morgan fingerprint density at radius 1 is 0.628 bits per heavy atom. The van der Waals surface area contributed by atoms with Crippen molar-refractivity contribution in [2.24, 2.45) is 75.7 Å². The number of carbonyl (C=O) groups excluding carboxylic acids is 2. The van der Waals surface area contributed by atoms with E-state index in [9.17, 15) is 33.0 Å². The van der Waals surface area contributed by atoms with Gasteiger partial charge in [0.15, 0.2) is 0 Å². The van der Waals surface area contributed by atoms with Gasteiger partial charge in [-0.05, 0) is 212 Å². The first-order valence-corrected chi connectivity index (χ1v) is 35.6. The van der Waals surface area contributed by atoms with Gasteiger partial charge in [0.25, 0.3) is 0 Å². The van der Waals surface area contributed by atoms with E-state index in [0.29, 0.717) is 84.2 Å². The van der Waals surface area contributed by atoms with Crippen LogP contribution in [0.1, 0.15) is 235 Å². The molecule has 484 valence electrons. The molecule has 1 amide bonds. The molecule has 0 aromatic rings. The van der Waals surface area contributed by atoms with Crippen molar-refractivity contribution in [1.29, 1.82) is 0 Å². The number of carbonyl (C=O) groups is 2. The summed E-state index contributed by atoms with van der Waals surface area (Å²) in [6.45, 7) is 24.7. The number of halogens is 3. The number of alkyl halides is 3. The Kier molecular flexibility index (Phi) is 19.9. The summed E-state index contributed by atoms with van der Waals surface area (Å²) < 4.78 is 51.1. The lowest BCUT2D eigenvalue weighted by Gasteiger charge is -2.49. The quantitative estimate of drug-likeness (QED) is 0.0781. The van der Waals surface area contributed by atoms with Gasteiger partial charge in [0.1, 0.15) is 5.78 Å². The van der Waals surface area contributed by atoms with Gasteiger partial charge in [-0.2, -0.15) is 13.2 Å². The van der Waals surface area contributed by atoms with Crippen molar-refractivity contribution in [2.45, 2.75) is 289 Å². The lowest BCUT2D eigenvalue weighted by molar-refractivity contribution is -0.173. The normalized spacial score (nSPS) is 42.6. The summed E-state index contributed by atoms with van der Waals surface area (Å²) in [7, 11) is 0. The Labute approximate surface area is 516 Å². The maximum Gasteiger partial charge on any atom is 0.471 e. The number of hydrogen-bond acceptors (Lipinski definition) is 9. The summed E-state index contributed by atoms with van der Waals surface area (Å²) in [6.07, 6.45) is 29.6. The fourth-order valence-corrected chi connectivity index (χ4v) is 22.2. The first-order chi connectivity index (χ1) is 41.0. The second-order valence-electron chi connectivity index (χ2n) is 31.5. The molecule has 8 aliphatic carbocycles. The zero-order valence-electron chi connectivity index (χ0n) is 54.6. The number of nitrogens with zero attached hydrogens (tertiary/aromatic N) is 2. The molecule has 20 atom stereocenters. The molecule has 8 fully saturated rings. The first kappa shape index (κ1) is 65.1. The minimum atomic E-state index is -4.80. The predicted octanol–water partition coefficient (Wildman–Crippen LogP) is 14.3. The monoisotopic (exact) mass is 1200 g/mol. The van der Waals surface area contributed by atoms with Crippen molar-refractivity contribution in [3.05, 3.63) is 45.6 Å². The molecule has 13 heteroatoms. The number of fused-ring (bicyclic) bond motifs is 12. The number of likely N-dealkylation sites (tertiary alicyclic amines) is 2. The second kappa shape index (κ2) is 26.3. The van der Waals surface area contributed by atoms with E-state index in [4.69, 9.17) is 15.2 Å². The molecule has 0 unspecified atom stereocenters. The van der Waals surface area contributed by atoms with E-state index in [1.165, 1.54) is 63.5 Å². The van der Waals surface area contributed by atoms with Gasteiger partial charge in [-0.1, -0.05) is 121 Å². The summed E-state index contributed by atoms with van der Waals surface area (Å²) in [5, 5.41) is 22.7. The number of nitrogens with two attached hydrogens (primary N) is 1. The maximum atomic E-state index is 12.9. The highest BCUT2D eigenvalue weighted by molar-refractivity contribution is 5.81. The van der Waals surface area contributed by atoms with Gasteiger partial charge in [-0.25, -0.2) is 0 Å². The van der Waals surface area contributed by atoms with E-state index < -0.39 is 12.1 Å². The number of Topliss-reactive ketones (excluding diaryl/α,β-unsaturated/α-hetero) is 1. The number of piperidine rings is 2. The summed E-state index contributed by atoms with van der Waals surface area (Å²) in [5.74, 6) is 5.19. The third kappa shape index (κ3) is 12.3. The number of ketones is 1. The van der Waals surface area contributed by atoms with Crippen LogP contribution in [0.25, 0.3) is 0 Å². The standard InChI is InChI=1S/C44H69F3N2O4.C29H46N2O2/c1-29-25-39-40(49(28-29)24-14-16-33(50)15-12-10-8-6-5-7-9-11-13-23-48-41(52)44(45,46)47)31(3)43(53-39)22-20-35-36-18-17-32-26-34(51)19-21-42(32,4)38(36)27-37(35)30(43)2;1-17-13-26-27(31(16-17)12-11-30)19(3)29(33-26)10-8-22-23-6-5-20-14-21(32)7-9-28(20,4)25(23)15-24(22)18(29)2/h17,29,31,34-36,38-40,51H,5-16,18-28H2,1-4H3,(H,48,52);5,17,19,21-23,25-27,32H,6-16,30H2,1-4H3/t29-,31+,34-,35-,36-,38-,39+,40-,42-,43-;17-,19+,21-,22-,23-,25-,26+,27-,28-,29-/m00/s1. The van der Waals surface area contributed by atoms with Crippen LogP contribution in [-0.2, 0) is 19.1 Å². The fraction of sp³-hybridized carbons (Fsp3) is 0.863. The highest BCUT2D eigenvalue weighted by atomic mass is 19.4. The Bertz CT molecular complexity index is 2560. The SMILES string of the molecule is CC1=C2C[C@H]3[C@@H](CC=C4C[C@@H](O)CC[C@@]43C)[C@@H]2CC[C@]12O[C@@H]1C[C@H](C)CN(CCCC(=O)CCCCCCCCCCCNC(=O)C(F)(F)F)[C@H]1[C@H]2C.CC1=C2C[C@H]3[C@@H](CC=C4C[C@@H](O)CC[C@@]43C)[C@@H]2CC[C@]12O[C@@H]1C[C@H](C)CN(CCN)[C@H]1[C@H]2C. The molecule has 4 aliphatic heterocycles. The summed E-state index contributed by atoms with van der Waals surface area (Å²) in [4.78, 5) is 29.1. The average Bonchev–Trinajstić information content (AvgIpc) is 1.58. The van der Waals surface area contributed by atoms with Gasteiger partial charge < -0.3 is 30.7 Å². The number of ether oxygens (including phenoxy) is 2. The summed E-state index contributed by atoms with van der Waals surface area (Å²) in [6, 6.07) is 0.934. The number of hydrogen-bond donors (Lipinski definition) is 4. The van der Waals surface area contributed by atoms with Crippen molar-refractivity contribution in [3.63, 3.8) is 0 Å². The second-order valence-corrected chi connectivity index (χ2v) is 31.5. The van der Waals surface area contributed by atoms with E-state index in [2.05, 4.69) is 77.3 Å². The first-order valence-electron chi connectivity index (χ1n) is 35.6. The Morgan fingerprint density at radius 3 is 1.53 bits per heavy atom. The van der Waals surface area contributed by atoms with Crippen molar-refractivity contribution in [1.82, 2.24) is 15.1 Å². The van der Waals surface area contributed by atoms with Gasteiger partial charge in [0.05, 0.1) is 35.6 Å². The topological polar surface area (TPSA) is 138 Å². The van der Waals surface area contributed by atoms with E-state index in [-0.39, 0.29) is 41.5 Å². The molecule has 12 rings (SSSR count). The van der Waals surface area contributed by atoms with E-state index in [0.717, 1.165) is 159 Å². The molecule has 86 heavy (non-hydrogen) atoms. The van der Waals surface area contributed by atoms with Crippen molar-refractivity contribution >= 4 is 11.7 Å². The Hall–Kier alpha value is -2.39. The van der Waals surface area contributed by atoms with Gasteiger partial charge >= 0.3 is 12.1 Å².